The van der Waals surface area contributed by atoms with Crippen molar-refractivity contribution < 1.29 is 59.3 Å². The highest BCUT2D eigenvalue weighted by molar-refractivity contribution is 6.83. The molecule has 0 saturated heterocycles. The van der Waals surface area contributed by atoms with Crippen molar-refractivity contribution >= 4 is 35.2 Å². The van der Waals surface area contributed by atoms with E-state index in [1.807, 2.05) is 0 Å². The topological polar surface area (TPSA) is 164 Å². The average molecular weight is 583 g/mol. The molecule has 2 atom stereocenters. The Morgan fingerprint density at radius 2 is 0.571 bits per heavy atom. The van der Waals surface area contributed by atoms with Crippen LogP contribution in [0, 0.1) is 0 Å². The molecule has 0 spiro atoms. The molecule has 13 nitrogen and oxygen atoms in total. The van der Waals surface area contributed by atoms with Gasteiger partial charge in [-0.1, -0.05) is 0 Å². The minimum absolute atomic E-state index is 0.0825. The molecular weight excluding hydrogens is 537 g/mol. The van der Waals surface area contributed by atoms with Crippen LogP contribution in [0.4, 0.5) is 0 Å². The van der Waals surface area contributed by atoms with E-state index in [0.29, 0.717) is 37.8 Å². The molecule has 0 amide bonds. The Hall–Kier alpha value is 0.348. The largest absolute Gasteiger partial charge is 0.493 e. The van der Waals surface area contributed by atoms with Gasteiger partial charge >= 0.3 is 35.2 Å². The molecule has 0 bridgehead atoms. The maximum Gasteiger partial charge on any atom is 0.493 e. The van der Waals surface area contributed by atoms with E-state index in [4.69, 9.17) is 38.9 Å². The van der Waals surface area contributed by atoms with Crippen LogP contribution in [-0.4, -0.2) is 125 Å². The molecular formula is C18H46O13Si4. The predicted molar refractivity (Wildman–Crippen MR) is 134 cm³/mol. The maximum absolute atomic E-state index is 9.57. The quantitative estimate of drug-likeness (QED) is 0.114. The van der Waals surface area contributed by atoms with Crippen LogP contribution in [0.2, 0.25) is 24.2 Å². The summed E-state index contributed by atoms with van der Waals surface area (Å²) < 4.78 is 54.0. The van der Waals surface area contributed by atoms with E-state index in [1.54, 1.807) is 0 Å². The molecule has 35 heavy (non-hydrogen) atoms. The lowest BCUT2D eigenvalue weighted by Gasteiger charge is -2.43. The normalized spacial score (nSPS) is 16.3. The Balaban J connectivity index is 6.48. The van der Waals surface area contributed by atoms with Gasteiger partial charge in [0, 0.05) is 93.3 Å². The summed E-state index contributed by atoms with van der Waals surface area (Å²) in [5, 5.41) is 37.9. The first kappa shape index (κ1) is 35.3. The van der Waals surface area contributed by atoms with Crippen LogP contribution in [0.25, 0.3) is 0 Å². The molecule has 0 aromatic rings. The number of aliphatic hydroxyl groups excluding tert-OH is 4. The molecule has 0 rings (SSSR count). The molecule has 17 heteroatoms. The molecule has 0 aliphatic carbocycles. The highest BCUT2D eigenvalue weighted by Gasteiger charge is 2.60. The molecule has 0 aromatic heterocycles. The summed E-state index contributed by atoms with van der Waals surface area (Å²) in [4.78, 5) is 0. The van der Waals surface area contributed by atoms with Crippen molar-refractivity contribution in [2.24, 2.45) is 0 Å². The summed E-state index contributed by atoms with van der Waals surface area (Å²) in [5.41, 5.74) is 0. The van der Waals surface area contributed by atoms with Crippen LogP contribution < -0.4 is 0 Å². The van der Waals surface area contributed by atoms with Crippen LogP contribution in [0.15, 0.2) is 0 Å². The Morgan fingerprint density at radius 3 is 0.771 bits per heavy atom. The van der Waals surface area contributed by atoms with E-state index in [9.17, 15) is 20.4 Å². The fourth-order valence-electron chi connectivity index (χ4n) is 3.35. The molecule has 0 aliphatic rings. The van der Waals surface area contributed by atoms with Gasteiger partial charge in [-0.2, -0.15) is 0 Å². The minimum Gasteiger partial charge on any atom is -0.396 e. The van der Waals surface area contributed by atoms with Crippen LogP contribution in [0.5, 0.6) is 0 Å². The van der Waals surface area contributed by atoms with Gasteiger partial charge in [0.1, 0.15) is 0 Å². The lowest BCUT2D eigenvalue weighted by molar-refractivity contribution is 0.0582. The van der Waals surface area contributed by atoms with Crippen molar-refractivity contribution in [2.45, 2.75) is 49.9 Å². The summed E-state index contributed by atoms with van der Waals surface area (Å²) in [6.07, 6.45) is 1.35. The SMILES string of the molecule is CO[Si](CCCO)(OC)O[Si](CCCO)(OC)O[Si](CCCO)(OC)O[Si](CCCO)(OC)OC. The highest BCUT2D eigenvalue weighted by Crippen LogP contribution is 2.34. The van der Waals surface area contributed by atoms with Crippen LogP contribution in [0.3, 0.4) is 0 Å². The van der Waals surface area contributed by atoms with Gasteiger partial charge in [0.05, 0.1) is 0 Å². The third kappa shape index (κ3) is 11.3. The van der Waals surface area contributed by atoms with E-state index in [-0.39, 0.29) is 38.5 Å². The monoisotopic (exact) mass is 582 g/mol. The standard InChI is InChI=1S/C18H46O13Si4/c1-23-32(24-2,15-7-11-19)29-34(27-5,17-9-13-21)31-35(28-6,18-10-14-22)30-33(25-3,26-4)16-8-12-20/h19-22H,7-18H2,1-6H3. The van der Waals surface area contributed by atoms with Crippen LogP contribution in [0.1, 0.15) is 25.7 Å². The molecule has 0 aliphatic heterocycles. The summed E-state index contributed by atoms with van der Waals surface area (Å²) in [6.45, 7) is -0.442. The number of rotatable bonds is 24. The molecule has 4 N–H and O–H groups in total. The van der Waals surface area contributed by atoms with E-state index in [0.717, 1.165) is 0 Å². The summed E-state index contributed by atoms with van der Waals surface area (Å²) in [5.74, 6) is 0. The lowest BCUT2D eigenvalue weighted by Crippen LogP contribution is -2.66. The van der Waals surface area contributed by atoms with Crippen molar-refractivity contribution in [3.05, 3.63) is 0 Å². The average Bonchev–Trinajstić information content (AvgIpc) is 2.90. The summed E-state index contributed by atoms with van der Waals surface area (Å²) in [7, 11) is -5.46. The second-order valence-electron chi connectivity index (χ2n) is 7.57. The first-order valence-corrected chi connectivity index (χ1v) is 19.3. The molecule has 0 saturated carbocycles. The molecule has 0 radical (unpaired) electrons. The van der Waals surface area contributed by atoms with E-state index in [1.165, 1.54) is 42.7 Å². The second kappa shape index (κ2) is 18.6. The molecule has 212 valence electrons. The molecule has 0 fully saturated rings. The second-order valence-corrected chi connectivity index (χ2v) is 19.9. The first-order chi connectivity index (χ1) is 16.7. The molecule has 0 aromatic carbocycles. The van der Waals surface area contributed by atoms with Gasteiger partial charge in [-0.05, 0) is 25.7 Å². The highest BCUT2D eigenvalue weighted by atomic mass is 28.5. The number of aliphatic hydroxyl groups is 4. The van der Waals surface area contributed by atoms with E-state index >= 15 is 0 Å². The lowest BCUT2D eigenvalue weighted by atomic mass is 10.5. The third-order valence-corrected chi connectivity index (χ3v) is 20.4. The maximum atomic E-state index is 9.57. The van der Waals surface area contributed by atoms with Gasteiger partial charge in [-0.15, -0.1) is 0 Å². The van der Waals surface area contributed by atoms with Gasteiger partial charge in [-0.25, -0.2) is 0 Å². The van der Waals surface area contributed by atoms with Gasteiger partial charge in [0.2, 0.25) is 0 Å². The minimum atomic E-state index is -3.72. The van der Waals surface area contributed by atoms with Crippen molar-refractivity contribution in [1.82, 2.24) is 0 Å². The fraction of sp³-hybridized carbons (Fsp3) is 1.00. The molecule has 0 heterocycles. The predicted octanol–water partition coefficient (Wildman–Crippen LogP) is 0.200. The summed E-state index contributed by atoms with van der Waals surface area (Å²) >= 11 is 0. The van der Waals surface area contributed by atoms with E-state index in [2.05, 4.69) is 0 Å². The van der Waals surface area contributed by atoms with Crippen molar-refractivity contribution in [3.63, 3.8) is 0 Å². The summed E-state index contributed by atoms with van der Waals surface area (Å²) in [6, 6.07) is 1.02. The Labute approximate surface area is 213 Å². The van der Waals surface area contributed by atoms with Gasteiger partial charge in [0.15, 0.2) is 0 Å². The zero-order chi connectivity index (χ0) is 26.8. The van der Waals surface area contributed by atoms with Gasteiger partial charge in [0.25, 0.3) is 0 Å². The van der Waals surface area contributed by atoms with Crippen molar-refractivity contribution in [1.29, 1.82) is 0 Å². The van der Waals surface area contributed by atoms with E-state index < -0.39 is 35.2 Å². The van der Waals surface area contributed by atoms with Crippen LogP contribution >= 0.6 is 0 Å². The Kier molecular flexibility index (Phi) is 18.8. The number of hydrogen-bond donors (Lipinski definition) is 4. The first-order valence-electron chi connectivity index (χ1n) is 11.6. The van der Waals surface area contributed by atoms with Crippen molar-refractivity contribution in [3.8, 4) is 0 Å². The fourth-order valence-corrected chi connectivity index (χ4v) is 19.2. The van der Waals surface area contributed by atoms with Crippen molar-refractivity contribution in [2.75, 3.05) is 69.1 Å². The Bertz CT molecular complexity index is 487. The third-order valence-electron chi connectivity index (χ3n) is 5.36. The van der Waals surface area contributed by atoms with Crippen LogP contribution in [-0.2, 0) is 38.9 Å². The molecule has 2 unspecified atom stereocenters. The zero-order valence-corrected chi connectivity index (χ0v) is 25.9. The zero-order valence-electron chi connectivity index (χ0n) is 21.9. The Morgan fingerprint density at radius 1 is 0.371 bits per heavy atom. The van der Waals surface area contributed by atoms with Gasteiger partial charge < -0.3 is 59.3 Å². The van der Waals surface area contributed by atoms with Gasteiger partial charge in [-0.3, -0.25) is 0 Å². The smallest absolute Gasteiger partial charge is 0.396 e. The number of hydrogen-bond acceptors (Lipinski definition) is 13.